The van der Waals surface area contributed by atoms with Gasteiger partial charge in [-0.2, -0.15) is 0 Å². The third-order valence-electron chi connectivity index (χ3n) is 3.84. The first-order chi connectivity index (χ1) is 13.0. The first-order valence-corrected chi connectivity index (χ1v) is 10.8. The summed E-state index contributed by atoms with van der Waals surface area (Å²) in [6, 6.07) is 14.0. The number of aromatic nitrogens is 1. The second kappa shape index (κ2) is 9.24. The molecule has 0 atom stereocenters. The molecule has 0 bridgehead atoms. The van der Waals surface area contributed by atoms with E-state index in [1.807, 2.05) is 56.3 Å². The van der Waals surface area contributed by atoms with Crippen molar-refractivity contribution >= 4 is 44.9 Å². The number of nitrogens with one attached hydrogen (secondary N) is 1. The first kappa shape index (κ1) is 19.7. The van der Waals surface area contributed by atoms with Gasteiger partial charge in [-0.3, -0.25) is 4.79 Å². The molecule has 0 aliphatic rings. The molecule has 2 aromatic carbocycles. The highest BCUT2D eigenvalue weighted by atomic mass is 32.2. The van der Waals surface area contributed by atoms with E-state index in [0.717, 1.165) is 31.7 Å². The van der Waals surface area contributed by atoms with Gasteiger partial charge in [0.15, 0.2) is 4.34 Å². The maximum atomic E-state index is 11.9. The van der Waals surface area contributed by atoms with Gasteiger partial charge in [-0.25, -0.2) is 4.98 Å². The van der Waals surface area contributed by atoms with E-state index in [0.29, 0.717) is 18.9 Å². The monoisotopic (exact) mass is 400 g/mol. The lowest BCUT2D eigenvalue weighted by molar-refractivity contribution is -0.116. The molecular weight excluding hydrogens is 376 g/mol. The Morgan fingerprint density at radius 3 is 2.74 bits per heavy atom. The molecule has 4 nitrogen and oxygen atoms in total. The van der Waals surface area contributed by atoms with Crippen LogP contribution in [0.2, 0.25) is 0 Å². The summed E-state index contributed by atoms with van der Waals surface area (Å²) >= 11 is 3.34. The second-order valence-electron chi connectivity index (χ2n) is 6.82. The number of anilines is 1. The van der Waals surface area contributed by atoms with Gasteiger partial charge in [0.1, 0.15) is 5.75 Å². The Morgan fingerprint density at radius 1 is 1.22 bits per heavy atom. The van der Waals surface area contributed by atoms with E-state index in [9.17, 15) is 4.79 Å². The number of amides is 1. The van der Waals surface area contributed by atoms with E-state index in [1.54, 1.807) is 23.1 Å². The highest BCUT2D eigenvalue weighted by molar-refractivity contribution is 8.01. The number of hydrogen-bond donors (Lipinski definition) is 1. The minimum atomic E-state index is 0.0525. The highest BCUT2D eigenvalue weighted by Gasteiger charge is 2.09. The third kappa shape index (κ3) is 5.97. The summed E-state index contributed by atoms with van der Waals surface area (Å²) < 4.78 is 7.86. The van der Waals surface area contributed by atoms with Crippen LogP contribution in [0.4, 0.5) is 5.69 Å². The van der Waals surface area contributed by atoms with Gasteiger partial charge in [0.25, 0.3) is 0 Å². The number of hydrogen-bond acceptors (Lipinski definition) is 5. The average molecular weight is 401 g/mol. The first-order valence-electron chi connectivity index (χ1n) is 9.02. The number of thiazole rings is 1. The van der Waals surface area contributed by atoms with E-state index in [1.165, 1.54) is 5.56 Å². The Bertz CT molecular complexity index is 904. The number of thioether (sulfide) groups is 1. The quantitative estimate of drug-likeness (QED) is 0.386. The molecule has 0 aliphatic carbocycles. The smallest absolute Gasteiger partial charge is 0.224 e. The van der Waals surface area contributed by atoms with Crippen molar-refractivity contribution in [1.82, 2.24) is 4.98 Å². The van der Waals surface area contributed by atoms with Crippen LogP contribution >= 0.6 is 23.1 Å². The van der Waals surface area contributed by atoms with E-state index in [4.69, 9.17) is 4.74 Å². The van der Waals surface area contributed by atoms with Gasteiger partial charge >= 0.3 is 0 Å². The summed E-state index contributed by atoms with van der Waals surface area (Å²) in [5.74, 6) is 2.14. The van der Waals surface area contributed by atoms with Crippen LogP contribution in [-0.2, 0) is 4.79 Å². The fourth-order valence-electron chi connectivity index (χ4n) is 2.55. The zero-order valence-electron chi connectivity index (χ0n) is 15.8. The number of ether oxygens (including phenoxy) is 1. The molecule has 3 rings (SSSR count). The van der Waals surface area contributed by atoms with Gasteiger partial charge in [-0.15, -0.1) is 11.3 Å². The van der Waals surface area contributed by atoms with Crippen molar-refractivity contribution in [3.63, 3.8) is 0 Å². The third-order valence-corrected chi connectivity index (χ3v) is 5.97. The molecular formula is C21H24N2O2S2. The molecule has 27 heavy (non-hydrogen) atoms. The Hall–Kier alpha value is -2.05. The lowest BCUT2D eigenvalue weighted by Gasteiger charge is -2.06. The predicted molar refractivity (Wildman–Crippen MR) is 115 cm³/mol. The molecule has 1 heterocycles. The molecule has 0 radical (unpaired) electrons. The number of benzene rings is 2. The molecule has 0 fully saturated rings. The van der Waals surface area contributed by atoms with Crippen LogP contribution in [0.15, 0.2) is 46.8 Å². The van der Waals surface area contributed by atoms with Crippen LogP contribution in [0.3, 0.4) is 0 Å². The molecule has 0 saturated carbocycles. The maximum absolute atomic E-state index is 11.9. The van der Waals surface area contributed by atoms with Crippen molar-refractivity contribution in [2.75, 3.05) is 17.7 Å². The average Bonchev–Trinajstić information content (AvgIpc) is 3.01. The zero-order valence-corrected chi connectivity index (χ0v) is 17.5. The van der Waals surface area contributed by atoms with E-state index < -0.39 is 0 Å². The molecule has 1 aromatic heterocycles. The van der Waals surface area contributed by atoms with Crippen molar-refractivity contribution in [2.45, 2.75) is 31.5 Å². The minimum absolute atomic E-state index is 0.0525. The van der Waals surface area contributed by atoms with Gasteiger partial charge in [0.05, 0.1) is 16.8 Å². The SMILES string of the molecule is Cc1ccc(OCCSc2nc3ccc(NC(=O)CC(C)C)cc3s2)cc1. The van der Waals surface area contributed by atoms with E-state index in [2.05, 4.69) is 17.2 Å². The van der Waals surface area contributed by atoms with Gasteiger partial charge in [-0.05, 0) is 43.2 Å². The van der Waals surface area contributed by atoms with Crippen LogP contribution in [-0.4, -0.2) is 23.3 Å². The van der Waals surface area contributed by atoms with Crippen molar-refractivity contribution in [2.24, 2.45) is 5.92 Å². The van der Waals surface area contributed by atoms with Crippen molar-refractivity contribution in [3.05, 3.63) is 48.0 Å². The number of carbonyl (C=O) groups is 1. The predicted octanol–water partition coefficient (Wildman–Crippen LogP) is 5.76. The van der Waals surface area contributed by atoms with Crippen molar-refractivity contribution < 1.29 is 9.53 Å². The number of carbonyl (C=O) groups excluding carboxylic acids is 1. The van der Waals surface area contributed by atoms with E-state index >= 15 is 0 Å². The van der Waals surface area contributed by atoms with Crippen LogP contribution in [0, 0.1) is 12.8 Å². The zero-order chi connectivity index (χ0) is 19.2. The number of fused-ring (bicyclic) bond motifs is 1. The molecule has 6 heteroatoms. The normalized spacial score (nSPS) is 11.1. The molecule has 0 aliphatic heterocycles. The summed E-state index contributed by atoms with van der Waals surface area (Å²) in [6.07, 6.45) is 0.531. The molecule has 142 valence electrons. The molecule has 0 saturated heterocycles. The number of aryl methyl sites for hydroxylation is 1. The van der Waals surface area contributed by atoms with Crippen LogP contribution in [0.5, 0.6) is 5.75 Å². The Balaban J connectivity index is 1.53. The summed E-state index contributed by atoms with van der Waals surface area (Å²) in [4.78, 5) is 16.6. The molecule has 0 spiro atoms. The van der Waals surface area contributed by atoms with Gasteiger partial charge in [0, 0.05) is 17.9 Å². The highest BCUT2D eigenvalue weighted by Crippen LogP contribution is 2.31. The molecule has 0 unspecified atom stereocenters. The molecule has 1 N–H and O–H groups in total. The summed E-state index contributed by atoms with van der Waals surface area (Å²) in [5, 5.41) is 2.96. The maximum Gasteiger partial charge on any atom is 0.224 e. The number of rotatable bonds is 8. The summed E-state index contributed by atoms with van der Waals surface area (Å²) in [5.41, 5.74) is 3.02. The lowest BCUT2D eigenvalue weighted by atomic mass is 10.1. The van der Waals surface area contributed by atoms with Gasteiger partial charge in [0.2, 0.25) is 5.91 Å². The largest absolute Gasteiger partial charge is 0.493 e. The Morgan fingerprint density at radius 2 is 2.00 bits per heavy atom. The fraction of sp³-hybridized carbons (Fsp3) is 0.333. The summed E-state index contributed by atoms with van der Waals surface area (Å²) in [7, 11) is 0. The van der Waals surface area contributed by atoms with Crippen molar-refractivity contribution in [1.29, 1.82) is 0 Å². The molecule has 3 aromatic rings. The topological polar surface area (TPSA) is 51.2 Å². The standard InChI is InChI=1S/C21H24N2O2S2/c1-14(2)12-20(24)22-16-6-9-18-19(13-16)27-21(23-18)26-11-10-25-17-7-4-15(3)5-8-17/h4-9,13-14H,10-12H2,1-3H3,(H,22,24). The van der Waals surface area contributed by atoms with Crippen molar-refractivity contribution in [3.8, 4) is 5.75 Å². The van der Waals surface area contributed by atoms with Gasteiger partial charge < -0.3 is 10.1 Å². The number of nitrogens with zero attached hydrogens (tertiary/aromatic N) is 1. The Kier molecular flexibility index (Phi) is 6.74. The summed E-state index contributed by atoms with van der Waals surface area (Å²) in [6.45, 7) is 6.78. The fourth-order valence-corrected chi connectivity index (χ4v) is 4.54. The van der Waals surface area contributed by atoms with Gasteiger partial charge in [-0.1, -0.05) is 43.3 Å². The second-order valence-corrected chi connectivity index (χ2v) is 9.19. The van der Waals surface area contributed by atoms with Crippen LogP contribution in [0.25, 0.3) is 10.2 Å². The minimum Gasteiger partial charge on any atom is -0.493 e. The van der Waals surface area contributed by atoms with Crippen LogP contribution in [0.1, 0.15) is 25.8 Å². The molecule has 1 amide bonds. The lowest BCUT2D eigenvalue weighted by Crippen LogP contribution is -2.13. The Labute approximate surface area is 168 Å². The van der Waals surface area contributed by atoms with E-state index in [-0.39, 0.29) is 5.91 Å². The van der Waals surface area contributed by atoms with Crippen LogP contribution < -0.4 is 10.1 Å².